The van der Waals surface area contributed by atoms with Crippen LogP contribution in [0.2, 0.25) is 0 Å². The van der Waals surface area contributed by atoms with Gasteiger partial charge in [0.25, 0.3) is 11.1 Å². The lowest BCUT2D eigenvalue weighted by molar-refractivity contribution is 0.0993. The third-order valence-corrected chi connectivity index (χ3v) is 4.75. The maximum absolute atomic E-state index is 13.7. The lowest BCUT2D eigenvalue weighted by Crippen LogP contribution is -2.13. The maximum Gasteiger partial charge on any atom is 0.277 e. The van der Waals surface area contributed by atoms with Crippen molar-refractivity contribution in [2.75, 3.05) is 0 Å². The Morgan fingerprint density at radius 3 is 2.58 bits per heavy atom. The normalized spacial score (nSPS) is 12.1. The molecule has 0 N–H and O–H groups in total. The fourth-order valence-corrected chi connectivity index (χ4v) is 3.08. The van der Waals surface area contributed by atoms with E-state index in [0.29, 0.717) is 5.56 Å². The Morgan fingerprint density at radius 2 is 1.88 bits per heavy atom. The van der Waals surface area contributed by atoms with E-state index < -0.39 is 11.1 Å². The summed E-state index contributed by atoms with van der Waals surface area (Å²) < 4.78 is 20.1. The van der Waals surface area contributed by atoms with Gasteiger partial charge in [0.15, 0.2) is 5.78 Å². The summed E-state index contributed by atoms with van der Waals surface area (Å²) in [5.74, 6) is -0.381. The molecule has 0 unspecified atom stereocenters. The van der Waals surface area contributed by atoms with Crippen LogP contribution < -0.4 is 0 Å². The molecule has 0 amide bonds. The molecule has 1 atom stereocenters. The molecule has 0 saturated heterocycles. The van der Waals surface area contributed by atoms with Crippen LogP contribution in [0.25, 0.3) is 11.5 Å². The molecule has 3 rings (SSSR count). The summed E-state index contributed by atoms with van der Waals surface area (Å²) in [4.78, 5) is 12.4. The number of hydrogen-bond acceptors (Lipinski definition) is 5. The van der Waals surface area contributed by atoms with Crippen molar-refractivity contribution in [3.05, 3.63) is 64.4 Å². The van der Waals surface area contributed by atoms with Gasteiger partial charge in [0.2, 0.25) is 0 Å². The summed E-state index contributed by atoms with van der Waals surface area (Å²) in [5.41, 5.74) is 0.843. The molecule has 0 radical (unpaired) electrons. The van der Waals surface area contributed by atoms with Gasteiger partial charge < -0.3 is 4.42 Å². The summed E-state index contributed by atoms with van der Waals surface area (Å²) in [6.07, 6.45) is 0. The van der Waals surface area contributed by atoms with E-state index in [9.17, 15) is 9.18 Å². The Hall–Kier alpha value is -1.99. The molecule has 1 aromatic heterocycles. The first-order valence-corrected chi connectivity index (χ1v) is 8.76. The Bertz CT molecular complexity index is 867. The first-order valence-electron chi connectivity index (χ1n) is 7.09. The van der Waals surface area contributed by atoms with Crippen molar-refractivity contribution in [1.82, 2.24) is 10.2 Å². The molecule has 2 aromatic carbocycles. The second-order valence-electron chi connectivity index (χ2n) is 4.98. The number of ketones is 1. The highest BCUT2D eigenvalue weighted by molar-refractivity contribution is 9.10. The molecule has 0 aliphatic rings. The fraction of sp³-hybridized carbons (Fsp3) is 0.118. The minimum absolute atomic E-state index is 0.0434. The summed E-state index contributed by atoms with van der Waals surface area (Å²) in [6, 6.07) is 13.3. The van der Waals surface area contributed by atoms with Gasteiger partial charge in [-0.2, -0.15) is 0 Å². The number of carbonyl (C=O) groups excluding carboxylic acids is 1. The van der Waals surface area contributed by atoms with Gasteiger partial charge in [-0.1, -0.05) is 52.0 Å². The third-order valence-electron chi connectivity index (χ3n) is 3.29. The summed E-state index contributed by atoms with van der Waals surface area (Å²) >= 11 is 4.48. The van der Waals surface area contributed by atoms with Gasteiger partial charge in [-0.3, -0.25) is 4.79 Å². The van der Waals surface area contributed by atoms with E-state index in [1.165, 1.54) is 6.07 Å². The van der Waals surface area contributed by atoms with E-state index in [0.717, 1.165) is 16.2 Å². The smallest absolute Gasteiger partial charge is 0.277 e. The lowest BCUT2D eigenvalue weighted by atomic mass is 10.1. The van der Waals surface area contributed by atoms with E-state index in [1.807, 2.05) is 12.1 Å². The summed E-state index contributed by atoms with van der Waals surface area (Å²) in [6.45, 7) is 1.77. The first-order chi connectivity index (χ1) is 11.5. The molecule has 0 aliphatic heterocycles. The van der Waals surface area contributed by atoms with Gasteiger partial charge in [-0.05, 0) is 31.2 Å². The van der Waals surface area contributed by atoms with E-state index in [2.05, 4.69) is 26.1 Å². The van der Waals surface area contributed by atoms with Crippen LogP contribution in [-0.2, 0) is 0 Å². The minimum Gasteiger partial charge on any atom is -0.411 e. The minimum atomic E-state index is -0.434. The largest absolute Gasteiger partial charge is 0.411 e. The molecule has 0 bridgehead atoms. The zero-order valence-electron chi connectivity index (χ0n) is 12.6. The number of halogens is 2. The van der Waals surface area contributed by atoms with Crippen LogP contribution in [0.5, 0.6) is 0 Å². The number of thioether (sulfide) groups is 1. The zero-order valence-corrected chi connectivity index (χ0v) is 15.0. The van der Waals surface area contributed by atoms with Crippen molar-refractivity contribution >= 4 is 33.5 Å². The Balaban J connectivity index is 1.73. The Kier molecular flexibility index (Phi) is 5.11. The van der Waals surface area contributed by atoms with E-state index >= 15 is 0 Å². The molecule has 3 aromatic rings. The SMILES string of the molecule is C[C@H](Sc1nnc(-c2ccccc2F)o1)C(=O)c1ccc(Br)cc1. The Morgan fingerprint density at radius 1 is 1.17 bits per heavy atom. The third kappa shape index (κ3) is 3.73. The number of Topliss-reactive ketones (excluding diaryl/α,β-unsaturated/α-hetero) is 1. The van der Waals surface area contributed by atoms with Crippen molar-refractivity contribution in [3.63, 3.8) is 0 Å². The van der Waals surface area contributed by atoms with Crippen molar-refractivity contribution in [1.29, 1.82) is 0 Å². The number of hydrogen-bond donors (Lipinski definition) is 0. The molecule has 0 saturated carbocycles. The quantitative estimate of drug-likeness (QED) is 0.440. The molecule has 0 aliphatic carbocycles. The van der Waals surface area contributed by atoms with Crippen LogP contribution in [-0.4, -0.2) is 21.2 Å². The van der Waals surface area contributed by atoms with Gasteiger partial charge in [-0.15, -0.1) is 10.2 Å². The lowest BCUT2D eigenvalue weighted by Gasteiger charge is -2.07. The molecule has 1 heterocycles. The number of benzene rings is 2. The van der Waals surface area contributed by atoms with Crippen LogP contribution in [0.3, 0.4) is 0 Å². The summed E-state index contributed by atoms with van der Waals surface area (Å²) in [5, 5.41) is 7.56. The molecule has 7 heteroatoms. The number of nitrogens with zero attached hydrogens (tertiary/aromatic N) is 2. The van der Waals surface area contributed by atoms with Crippen LogP contribution in [0.15, 0.2) is 62.6 Å². The molecule has 24 heavy (non-hydrogen) atoms. The zero-order chi connectivity index (χ0) is 17.1. The molecular weight excluding hydrogens is 395 g/mol. The van der Waals surface area contributed by atoms with Crippen molar-refractivity contribution in [2.45, 2.75) is 17.4 Å². The second-order valence-corrected chi connectivity index (χ2v) is 7.19. The van der Waals surface area contributed by atoms with E-state index in [4.69, 9.17) is 4.42 Å². The molecule has 0 spiro atoms. The highest BCUT2D eigenvalue weighted by Crippen LogP contribution is 2.28. The first kappa shape index (κ1) is 16.9. The van der Waals surface area contributed by atoms with Gasteiger partial charge in [0.1, 0.15) is 5.82 Å². The standard InChI is InChI=1S/C17H12BrFN2O2S/c1-10(15(22)11-6-8-12(18)9-7-11)24-17-21-20-16(23-17)13-4-2-3-5-14(13)19/h2-10H,1H3/t10-/m0/s1. The van der Waals surface area contributed by atoms with E-state index in [1.54, 1.807) is 37.3 Å². The molecular formula is C17H12BrFN2O2S. The van der Waals surface area contributed by atoms with Gasteiger partial charge >= 0.3 is 0 Å². The van der Waals surface area contributed by atoms with E-state index in [-0.39, 0.29) is 22.5 Å². The van der Waals surface area contributed by atoms with Crippen LogP contribution in [0, 0.1) is 5.82 Å². The number of carbonyl (C=O) groups is 1. The van der Waals surface area contributed by atoms with Gasteiger partial charge in [0, 0.05) is 10.0 Å². The molecule has 4 nitrogen and oxygen atoms in total. The van der Waals surface area contributed by atoms with Gasteiger partial charge in [0.05, 0.1) is 10.8 Å². The fourth-order valence-electron chi connectivity index (χ4n) is 2.05. The molecule has 122 valence electrons. The van der Waals surface area contributed by atoms with Crippen LogP contribution in [0.4, 0.5) is 4.39 Å². The van der Waals surface area contributed by atoms with Crippen molar-refractivity contribution in [3.8, 4) is 11.5 Å². The molecule has 0 fully saturated rings. The predicted molar refractivity (Wildman–Crippen MR) is 93.5 cm³/mol. The monoisotopic (exact) mass is 406 g/mol. The highest BCUT2D eigenvalue weighted by atomic mass is 79.9. The van der Waals surface area contributed by atoms with Crippen molar-refractivity contribution < 1.29 is 13.6 Å². The predicted octanol–water partition coefficient (Wildman–Crippen LogP) is 5.00. The van der Waals surface area contributed by atoms with Crippen molar-refractivity contribution in [2.24, 2.45) is 0 Å². The maximum atomic E-state index is 13.7. The van der Waals surface area contributed by atoms with Gasteiger partial charge in [-0.25, -0.2) is 4.39 Å². The average Bonchev–Trinajstić information content (AvgIpc) is 3.03. The summed E-state index contributed by atoms with van der Waals surface area (Å²) in [7, 11) is 0. The highest BCUT2D eigenvalue weighted by Gasteiger charge is 2.20. The topological polar surface area (TPSA) is 56.0 Å². The van der Waals surface area contributed by atoms with Crippen LogP contribution >= 0.6 is 27.7 Å². The Labute approximate surface area is 150 Å². The van der Waals surface area contributed by atoms with Crippen LogP contribution in [0.1, 0.15) is 17.3 Å². The number of aromatic nitrogens is 2. The second kappa shape index (κ2) is 7.27. The average molecular weight is 407 g/mol. The number of rotatable bonds is 5.